The zero-order chi connectivity index (χ0) is 12.3. The van der Waals surface area contributed by atoms with Crippen molar-refractivity contribution in [2.24, 2.45) is 0 Å². The molecule has 0 amide bonds. The SMILES string of the molecule is Br.CN(C)CCC(O)(c1ccsc1)c1ccsc1. The largest absolute Gasteiger partial charge is 0.380 e. The molecule has 0 saturated heterocycles. The Hall–Kier alpha value is -0.200. The Morgan fingerprint density at radius 3 is 1.94 bits per heavy atom. The molecule has 1 N–H and O–H groups in total. The van der Waals surface area contributed by atoms with E-state index in [4.69, 9.17) is 0 Å². The lowest BCUT2D eigenvalue weighted by Gasteiger charge is -2.28. The normalized spacial score (nSPS) is 11.6. The van der Waals surface area contributed by atoms with E-state index in [0.29, 0.717) is 6.42 Å². The van der Waals surface area contributed by atoms with Crippen molar-refractivity contribution in [1.82, 2.24) is 4.90 Å². The van der Waals surface area contributed by atoms with Crippen LogP contribution in [0.4, 0.5) is 0 Å². The highest BCUT2D eigenvalue weighted by atomic mass is 79.9. The van der Waals surface area contributed by atoms with E-state index in [-0.39, 0.29) is 17.0 Å². The van der Waals surface area contributed by atoms with Crippen LogP contribution in [0.25, 0.3) is 0 Å². The van der Waals surface area contributed by atoms with E-state index in [9.17, 15) is 5.11 Å². The lowest BCUT2D eigenvalue weighted by molar-refractivity contribution is 0.0638. The van der Waals surface area contributed by atoms with E-state index in [1.807, 2.05) is 47.7 Å². The highest BCUT2D eigenvalue weighted by Gasteiger charge is 2.32. The third-order valence-electron chi connectivity index (χ3n) is 2.92. The lowest BCUT2D eigenvalue weighted by Crippen LogP contribution is -2.31. The molecule has 0 fully saturated rings. The molecule has 2 aromatic heterocycles. The highest BCUT2D eigenvalue weighted by molar-refractivity contribution is 8.93. The van der Waals surface area contributed by atoms with Gasteiger partial charge in [0.25, 0.3) is 0 Å². The fourth-order valence-corrected chi connectivity index (χ4v) is 3.29. The fourth-order valence-electron chi connectivity index (χ4n) is 1.84. The molecule has 0 aliphatic rings. The quantitative estimate of drug-likeness (QED) is 0.893. The molecule has 2 aromatic rings. The van der Waals surface area contributed by atoms with Crippen molar-refractivity contribution in [2.45, 2.75) is 12.0 Å². The molecule has 0 unspecified atom stereocenters. The molecule has 2 nitrogen and oxygen atoms in total. The number of rotatable bonds is 5. The average molecular weight is 348 g/mol. The van der Waals surface area contributed by atoms with Crippen molar-refractivity contribution in [3.63, 3.8) is 0 Å². The number of thiophene rings is 2. The minimum absolute atomic E-state index is 0. The molecule has 100 valence electrons. The van der Waals surface area contributed by atoms with E-state index in [1.165, 1.54) is 0 Å². The molecule has 0 spiro atoms. The van der Waals surface area contributed by atoms with Gasteiger partial charge in [0.2, 0.25) is 0 Å². The minimum Gasteiger partial charge on any atom is -0.380 e. The van der Waals surface area contributed by atoms with Crippen molar-refractivity contribution < 1.29 is 5.11 Å². The van der Waals surface area contributed by atoms with Gasteiger partial charge in [0, 0.05) is 6.54 Å². The van der Waals surface area contributed by atoms with Crippen LogP contribution in [0.1, 0.15) is 17.5 Å². The first-order valence-electron chi connectivity index (χ1n) is 5.55. The summed E-state index contributed by atoms with van der Waals surface area (Å²) in [4.78, 5) is 2.10. The molecule has 18 heavy (non-hydrogen) atoms. The summed E-state index contributed by atoms with van der Waals surface area (Å²) in [6, 6.07) is 4.02. The van der Waals surface area contributed by atoms with Crippen LogP contribution in [0.3, 0.4) is 0 Å². The van der Waals surface area contributed by atoms with Gasteiger partial charge in [-0.15, -0.1) is 17.0 Å². The van der Waals surface area contributed by atoms with Crippen molar-refractivity contribution in [3.8, 4) is 0 Å². The van der Waals surface area contributed by atoms with Gasteiger partial charge in [-0.2, -0.15) is 22.7 Å². The van der Waals surface area contributed by atoms with Crippen LogP contribution in [0.5, 0.6) is 0 Å². The van der Waals surface area contributed by atoms with Crippen LogP contribution in [0, 0.1) is 0 Å². The lowest BCUT2D eigenvalue weighted by atomic mass is 9.87. The van der Waals surface area contributed by atoms with Gasteiger partial charge in [-0.3, -0.25) is 0 Å². The first kappa shape index (κ1) is 15.9. The summed E-state index contributed by atoms with van der Waals surface area (Å²) in [7, 11) is 4.06. The summed E-state index contributed by atoms with van der Waals surface area (Å²) in [5, 5.41) is 19.1. The monoisotopic (exact) mass is 347 g/mol. The zero-order valence-electron chi connectivity index (χ0n) is 10.5. The Morgan fingerprint density at radius 2 is 1.61 bits per heavy atom. The van der Waals surface area contributed by atoms with Crippen molar-refractivity contribution in [3.05, 3.63) is 44.8 Å². The molecular formula is C13H18BrNOS2. The van der Waals surface area contributed by atoms with Gasteiger partial charge >= 0.3 is 0 Å². The Labute approximate surface area is 127 Å². The predicted molar refractivity (Wildman–Crippen MR) is 85.1 cm³/mol. The molecule has 0 saturated carbocycles. The molecule has 0 radical (unpaired) electrons. The highest BCUT2D eigenvalue weighted by Crippen LogP contribution is 2.35. The van der Waals surface area contributed by atoms with Crippen LogP contribution in [0.15, 0.2) is 33.7 Å². The fraction of sp³-hybridized carbons (Fsp3) is 0.385. The van der Waals surface area contributed by atoms with Crippen LogP contribution in [-0.2, 0) is 5.60 Å². The van der Waals surface area contributed by atoms with Crippen molar-refractivity contribution >= 4 is 39.7 Å². The van der Waals surface area contributed by atoms with Crippen molar-refractivity contribution in [2.75, 3.05) is 20.6 Å². The van der Waals surface area contributed by atoms with E-state index in [1.54, 1.807) is 22.7 Å². The maximum absolute atomic E-state index is 11.0. The molecule has 2 rings (SSSR count). The first-order valence-corrected chi connectivity index (χ1v) is 7.44. The van der Waals surface area contributed by atoms with E-state index >= 15 is 0 Å². The Morgan fingerprint density at radius 1 is 1.11 bits per heavy atom. The number of hydrogen-bond acceptors (Lipinski definition) is 4. The number of hydrogen-bond donors (Lipinski definition) is 1. The Balaban J connectivity index is 0.00000162. The molecule has 0 atom stereocenters. The summed E-state index contributed by atoms with van der Waals surface area (Å²) < 4.78 is 0. The van der Waals surface area contributed by atoms with Gasteiger partial charge in [0.1, 0.15) is 5.60 Å². The maximum Gasteiger partial charge on any atom is 0.117 e. The Bertz CT molecular complexity index is 405. The second kappa shape index (κ2) is 6.82. The molecule has 0 aliphatic heterocycles. The van der Waals surface area contributed by atoms with E-state index < -0.39 is 5.60 Å². The number of nitrogens with zero attached hydrogens (tertiary/aromatic N) is 1. The molecule has 5 heteroatoms. The molecule has 0 aromatic carbocycles. The topological polar surface area (TPSA) is 23.5 Å². The Kier molecular flexibility index (Phi) is 6.01. The number of halogens is 1. The van der Waals surface area contributed by atoms with Crippen LogP contribution in [0.2, 0.25) is 0 Å². The molecular weight excluding hydrogens is 330 g/mol. The third-order valence-corrected chi connectivity index (χ3v) is 4.28. The van der Waals surface area contributed by atoms with Gasteiger partial charge in [0.05, 0.1) is 0 Å². The third kappa shape index (κ3) is 3.42. The van der Waals surface area contributed by atoms with Crippen LogP contribution < -0.4 is 0 Å². The van der Waals surface area contributed by atoms with Gasteiger partial charge in [-0.05, 0) is 65.3 Å². The smallest absolute Gasteiger partial charge is 0.117 e. The second-order valence-corrected chi connectivity index (χ2v) is 6.00. The first-order chi connectivity index (χ1) is 8.13. The summed E-state index contributed by atoms with van der Waals surface area (Å²) in [5.74, 6) is 0. The van der Waals surface area contributed by atoms with Crippen LogP contribution in [-0.4, -0.2) is 30.6 Å². The van der Waals surface area contributed by atoms with E-state index in [0.717, 1.165) is 17.7 Å². The number of aliphatic hydroxyl groups is 1. The molecule has 0 bridgehead atoms. The summed E-state index contributed by atoms with van der Waals surface area (Å²) >= 11 is 3.26. The van der Waals surface area contributed by atoms with Gasteiger partial charge in [-0.1, -0.05) is 0 Å². The standard InChI is InChI=1S/C13H17NOS2.BrH/c1-14(2)6-5-13(15,11-3-7-16-9-11)12-4-8-17-10-12;/h3-4,7-10,15H,5-6H2,1-2H3;1H. The van der Waals surface area contributed by atoms with Gasteiger partial charge in [-0.25, -0.2) is 0 Å². The van der Waals surface area contributed by atoms with Crippen molar-refractivity contribution in [1.29, 1.82) is 0 Å². The summed E-state index contributed by atoms with van der Waals surface area (Å²) in [6.45, 7) is 0.863. The van der Waals surface area contributed by atoms with Gasteiger partial charge < -0.3 is 10.0 Å². The predicted octanol–water partition coefficient (Wildman–Crippen LogP) is 3.58. The zero-order valence-corrected chi connectivity index (χ0v) is 13.8. The average Bonchev–Trinajstić information content (AvgIpc) is 2.97. The van der Waals surface area contributed by atoms with E-state index in [2.05, 4.69) is 4.90 Å². The van der Waals surface area contributed by atoms with Crippen LogP contribution >= 0.6 is 39.7 Å². The van der Waals surface area contributed by atoms with Gasteiger partial charge in [0.15, 0.2) is 0 Å². The summed E-state index contributed by atoms with van der Waals surface area (Å²) in [5.41, 5.74) is 1.16. The minimum atomic E-state index is -0.843. The maximum atomic E-state index is 11.0. The molecule has 2 heterocycles. The second-order valence-electron chi connectivity index (χ2n) is 4.44. The molecule has 0 aliphatic carbocycles. The summed E-state index contributed by atoms with van der Waals surface area (Å²) in [6.07, 6.45) is 0.716.